The topological polar surface area (TPSA) is 72.1 Å². The van der Waals surface area contributed by atoms with Crippen LogP contribution in [0.4, 0.5) is 17.1 Å². The maximum absolute atomic E-state index is 16.7. The number of hydrogen-bond acceptors (Lipinski definition) is 6. The van der Waals surface area contributed by atoms with Crippen LogP contribution in [0.15, 0.2) is 229 Å². The molecule has 0 saturated carbocycles. The molecule has 3 aromatic heterocycles. The normalized spacial score (nSPS) is 17.1. The maximum Gasteiger partial charge on any atom is 0.171 e. The Morgan fingerprint density at radius 3 is 1.86 bits per heavy atom. The molecule has 7 heteroatoms. The van der Waals surface area contributed by atoms with Crippen LogP contribution in [0.25, 0.3) is 55.8 Å². The first-order valence-electron chi connectivity index (χ1n) is 21.8. The molecule has 5 heterocycles. The lowest BCUT2D eigenvalue weighted by molar-refractivity contribution is 0.590. The molecule has 6 nitrogen and oxygen atoms in total. The summed E-state index contributed by atoms with van der Waals surface area (Å²) in [4.78, 5) is 17.2. The highest BCUT2D eigenvalue weighted by Crippen LogP contribution is 2.63. The Bertz CT molecular complexity index is 3650. The Balaban J connectivity index is 1.16. The monoisotopic (exact) mass is 852 g/mol. The molecular weight excluding hydrogens is 816 g/mol. The first kappa shape index (κ1) is 37.4. The molecule has 2 aliphatic heterocycles. The van der Waals surface area contributed by atoms with Gasteiger partial charge < -0.3 is 13.9 Å². The first-order chi connectivity index (χ1) is 32.1. The van der Waals surface area contributed by atoms with Crippen LogP contribution in [0.1, 0.15) is 22.3 Å². The lowest BCUT2D eigenvalue weighted by Crippen LogP contribution is -2.49. The Morgan fingerprint density at radius 2 is 1.08 bits per heavy atom. The number of rotatable bonds is 5. The summed E-state index contributed by atoms with van der Waals surface area (Å²) in [6, 6.07) is 73.1. The van der Waals surface area contributed by atoms with Gasteiger partial charge in [-0.05, 0) is 82.9 Å². The van der Waals surface area contributed by atoms with Crippen molar-refractivity contribution >= 4 is 62.1 Å². The highest BCUT2D eigenvalue weighted by Gasteiger charge is 2.55. The lowest BCUT2D eigenvalue weighted by Gasteiger charge is -2.50. The van der Waals surface area contributed by atoms with Crippen LogP contribution in [0.2, 0.25) is 0 Å². The number of aromatic nitrogens is 3. The van der Waals surface area contributed by atoms with Crippen molar-refractivity contribution in [2.24, 2.45) is 0 Å². The van der Waals surface area contributed by atoms with Crippen LogP contribution in [-0.2, 0) is 9.98 Å². The second-order valence-electron chi connectivity index (χ2n) is 16.7. The average Bonchev–Trinajstić information content (AvgIpc) is 3.75. The van der Waals surface area contributed by atoms with E-state index < -0.39 is 12.6 Å². The molecule has 0 aliphatic carbocycles. The minimum absolute atomic E-state index is 0.603. The molecule has 8 aromatic carbocycles. The second-order valence-corrected chi connectivity index (χ2v) is 19.4. The number of para-hydroxylation sites is 3. The van der Waals surface area contributed by atoms with E-state index in [9.17, 15) is 0 Å². The fraction of sp³-hybridized carbons (Fsp3) is 0.0172. The van der Waals surface area contributed by atoms with Crippen molar-refractivity contribution in [3.8, 4) is 33.9 Å². The molecule has 0 bridgehead atoms. The molecule has 0 saturated heterocycles. The van der Waals surface area contributed by atoms with Gasteiger partial charge in [-0.2, -0.15) is 0 Å². The van der Waals surface area contributed by atoms with Crippen molar-refractivity contribution in [1.29, 1.82) is 0 Å². The summed E-state index contributed by atoms with van der Waals surface area (Å²) >= 11 is 0. The van der Waals surface area contributed by atoms with E-state index >= 15 is 4.57 Å². The zero-order chi connectivity index (χ0) is 43.1. The Kier molecular flexibility index (Phi) is 8.30. The van der Waals surface area contributed by atoms with Gasteiger partial charge in [0.1, 0.15) is 11.2 Å². The third kappa shape index (κ3) is 5.48. The fourth-order valence-electron chi connectivity index (χ4n) is 10.5. The standard InChI is InChI=1S/C58H37N4O2P/c63-65(42-20-8-3-9-21-42)55-27-15-12-24-47(55)58(48-35-44-43-22-10-14-26-53(43)64-54(44)37-56(48)65)45-23-11-13-25-51(45)62(41-18-6-2-7-19-41)52-34-40(28-29-46(52)58)57-60-49(38-16-4-1-5-17-38)36-50(61-57)39-30-32-59-33-31-39/h1-37H. The van der Waals surface area contributed by atoms with E-state index in [4.69, 9.17) is 14.4 Å². The molecule has 0 amide bonds. The van der Waals surface area contributed by atoms with E-state index in [1.165, 1.54) is 0 Å². The SMILES string of the molecule is O=P1(c2ccccc2)c2ccccc2C2(c3ccccc3N(c3ccccc3)c3cc(-c4nc(-c5ccccc5)cc(-c5ccncc5)n4)ccc32)c2cc3c(cc21)oc1ccccc13. The zero-order valence-corrected chi connectivity index (χ0v) is 35.8. The van der Waals surface area contributed by atoms with Crippen LogP contribution in [0.3, 0.4) is 0 Å². The van der Waals surface area contributed by atoms with Crippen LogP contribution in [-0.4, -0.2) is 15.0 Å². The van der Waals surface area contributed by atoms with E-state index in [1.54, 1.807) is 12.4 Å². The first-order valence-corrected chi connectivity index (χ1v) is 23.5. The Labute approximate surface area is 375 Å². The van der Waals surface area contributed by atoms with Gasteiger partial charge in [0.25, 0.3) is 0 Å². The lowest BCUT2D eigenvalue weighted by atomic mass is 9.62. The van der Waals surface area contributed by atoms with Gasteiger partial charge in [-0.25, -0.2) is 9.97 Å². The summed E-state index contributed by atoms with van der Waals surface area (Å²) in [7, 11) is -3.51. The molecule has 2 atom stereocenters. The van der Waals surface area contributed by atoms with Gasteiger partial charge in [0.2, 0.25) is 0 Å². The molecule has 13 rings (SSSR count). The molecule has 2 aliphatic rings. The van der Waals surface area contributed by atoms with Gasteiger partial charge in [0.15, 0.2) is 13.0 Å². The number of anilines is 3. The highest BCUT2D eigenvalue weighted by molar-refractivity contribution is 7.85. The van der Waals surface area contributed by atoms with Gasteiger partial charge in [0, 0.05) is 61.5 Å². The third-order valence-electron chi connectivity index (χ3n) is 13.2. The summed E-state index contributed by atoms with van der Waals surface area (Å²) in [5.41, 5.74) is 12.1. The van der Waals surface area contributed by atoms with Crippen molar-refractivity contribution in [3.05, 3.63) is 247 Å². The summed E-state index contributed by atoms with van der Waals surface area (Å²) < 4.78 is 23.4. The smallest absolute Gasteiger partial charge is 0.171 e. The summed E-state index contributed by atoms with van der Waals surface area (Å²) in [6.07, 6.45) is 3.59. The van der Waals surface area contributed by atoms with E-state index in [0.717, 1.165) is 99.7 Å². The largest absolute Gasteiger partial charge is 0.456 e. The van der Waals surface area contributed by atoms with E-state index in [2.05, 4.69) is 143 Å². The average molecular weight is 853 g/mol. The molecule has 11 aromatic rings. The van der Waals surface area contributed by atoms with Crippen molar-refractivity contribution in [2.45, 2.75) is 5.41 Å². The van der Waals surface area contributed by atoms with Gasteiger partial charge in [-0.15, -0.1) is 0 Å². The predicted octanol–water partition coefficient (Wildman–Crippen LogP) is 12.9. The molecule has 0 N–H and O–H groups in total. The van der Waals surface area contributed by atoms with E-state index in [0.29, 0.717) is 11.4 Å². The van der Waals surface area contributed by atoms with Crippen LogP contribution in [0.5, 0.6) is 0 Å². The molecule has 0 fully saturated rings. The number of hydrogen-bond donors (Lipinski definition) is 0. The summed E-state index contributed by atoms with van der Waals surface area (Å²) in [6.45, 7) is 0. The van der Waals surface area contributed by atoms with Gasteiger partial charge in [-0.1, -0.05) is 152 Å². The molecule has 2 unspecified atom stereocenters. The number of fused-ring (bicyclic) bond motifs is 11. The number of furan rings is 1. The molecule has 65 heavy (non-hydrogen) atoms. The van der Waals surface area contributed by atoms with E-state index in [-0.39, 0.29) is 0 Å². The van der Waals surface area contributed by atoms with E-state index in [1.807, 2.05) is 78.9 Å². The Morgan fingerprint density at radius 1 is 0.446 bits per heavy atom. The van der Waals surface area contributed by atoms with Crippen LogP contribution >= 0.6 is 7.14 Å². The number of nitrogens with zero attached hydrogens (tertiary/aromatic N) is 4. The summed E-state index contributed by atoms with van der Waals surface area (Å²) in [5.74, 6) is 0.603. The van der Waals surface area contributed by atoms with Gasteiger partial charge in [0.05, 0.1) is 28.2 Å². The van der Waals surface area contributed by atoms with Crippen LogP contribution < -0.4 is 20.8 Å². The maximum atomic E-state index is 16.7. The Hall–Kier alpha value is -8.18. The van der Waals surface area contributed by atoms with Crippen LogP contribution in [0, 0.1) is 0 Å². The minimum Gasteiger partial charge on any atom is -0.456 e. The molecule has 1 spiro atoms. The zero-order valence-electron chi connectivity index (χ0n) is 34.9. The number of pyridine rings is 1. The van der Waals surface area contributed by atoms with Crippen molar-refractivity contribution in [2.75, 3.05) is 4.90 Å². The molecular formula is C58H37N4O2P. The second kappa shape index (κ2) is 14.4. The minimum atomic E-state index is -3.51. The number of benzene rings is 8. The fourth-order valence-corrected chi connectivity index (χ4v) is 13.6. The van der Waals surface area contributed by atoms with Crippen molar-refractivity contribution in [3.63, 3.8) is 0 Å². The quantitative estimate of drug-likeness (QED) is 0.161. The third-order valence-corrected chi connectivity index (χ3v) is 16.4. The van der Waals surface area contributed by atoms with Gasteiger partial charge >= 0.3 is 0 Å². The predicted molar refractivity (Wildman–Crippen MR) is 263 cm³/mol. The van der Waals surface area contributed by atoms with Gasteiger partial charge in [-0.3, -0.25) is 4.98 Å². The summed E-state index contributed by atoms with van der Waals surface area (Å²) in [5, 5.41) is 4.36. The van der Waals surface area contributed by atoms with Crippen molar-refractivity contribution in [1.82, 2.24) is 15.0 Å². The highest BCUT2D eigenvalue weighted by atomic mass is 31.2. The molecule has 0 radical (unpaired) electrons. The molecule has 306 valence electrons. The van der Waals surface area contributed by atoms with Crippen molar-refractivity contribution < 1.29 is 8.98 Å².